The van der Waals surface area contributed by atoms with Crippen LogP contribution in [0.1, 0.15) is 43.7 Å². The molecule has 11 heteroatoms. The number of para-hydroxylation sites is 1. The van der Waals surface area contributed by atoms with Gasteiger partial charge in [0.2, 0.25) is 0 Å². The average Bonchev–Trinajstić information content (AvgIpc) is 3.60. The molecule has 0 saturated heterocycles. The molecule has 3 aromatic rings. The Bertz CT molecular complexity index is 1660. The van der Waals surface area contributed by atoms with Crippen LogP contribution in [0, 0.1) is 0 Å². The normalized spacial score (nSPS) is 17.1. The summed E-state index contributed by atoms with van der Waals surface area (Å²) in [6, 6.07) is 10.6. The maximum atomic E-state index is 14.0. The number of aliphatic carboxylic acids is 1. The molecule has 0 spiro atoms. The molecule has 0 aliphatic carbocycles. The minimum atomic E-state index is -0.833. The number of carbonyl (C=O) groups is 3. The van der Waals surface area contributed by atoms with Gasteiger partial charge in [-0.25, -0.2) is 9.79 Å². The van der Waals surface area contributed by atoms with Gasteiger partial charge in [0, 0.05) is 23.9 Å². The molecule has 1 atom stereocenters. The molecule has 202 valence electrons. The van der Waals surface area contributed by atoms with Crippen LogP contribution in [0.2, 0.25) is 0 Å². The third-order valence-corrected chi connectivity index (χ3v) is 7.94. The Morgan fingerprint density at radius 2 is 1.92 bits per heavy atom. The third kappa shape index (κ3) is 5.27. The number of esters is 1. The molecule has 2 aliphatic heterocycles. The molecule has 0 bridgehead atoms. The second kappa shape index (κ2) is 11.7. The van der Waals surface area contributed by atoms with E-state index in [9.17, 15) is 14.4 Å². The van der Waals surface area contributed by atoms with Gasteiger partial charge in [0.25, 0.3) is 17.4 Å². The Labute approximate surface area is 232 Å². The molecule has 1 aromatic carbocycles. The van der Waals surface area contributed by atoms with Crippen molar-refractivity contribution >= 4 is 51.8 Å². The number of hydrogen-bond acceptors (Lipinski definition) is 8. The van der Waals surface area contributed by atoms with Gasteiger partial charge in [0.15, 0.2) is 4.80 Å². The molecule has 1 amide bonds. The zero-order chi connectivity index (χ0) is 28.3. The van der Waals surface area contributed by atoms with E-state index in [4.69, 9.17) is 14.6 Å². The lowest BCUT2D eigenvalue weighted by Gasteiger charge is -2.23. The molecule has 2 aromatic heterocycles. The SMILES string of the molecule is C=CCOC(=O)C1=C(C)N=c2s/c(=C3\C(=O)N(CCC)c4ccccc43)c(=O)n2C1c1cccs1.CC(=O)O. The zero-order valence-corrected chi connectivity index (χ0v) is 23.3. The number of benzene rings is 1. The van der Waals surface area contributed by atoms with Crippen molar-refractivity contribution in [1.82, 2.24) is 4.57 Å². The number of hydrogen-bond donors (Lipinski definition) is 1. The number of rotatable bonds is 6. The first kappa shape index (κ1) is 27.9. The summed E-state index contributed by atoms with van der Waals surface area (Å²) in [5.41, 5.74) is 2.39. The topological polar surface area (TPSA) is 118 Å². The molecule has 9 nitrogen and oxygen atoms in total. The molecule has 5 rings (SSSR count). The van der Waals surface area contributed by atoms with Crippen LogP contribution < -0.4 is 19.8 Å². The number of thiophene rings is 1. The van der Waals surface area contributed by atoms with Crippen molar-refractivity contribution in [3.63, 3.8) is 0 Å². The second-order valence-electron chi connectivity index (χ2n) is 8.67. The van der Waals surface area contributed by atoms with Crippen molar-refractivity contribution in [2.24, 2.45) is 4.99 Å². The predicted molar refractivity (Wildman–Crippen MR) is 151 cm³/mol. The maximum absolute atomic E-state index is 14.0. The van der Waals surface area contributed by atoms with E-state index in [1.54, 1.807) is 11.8 Å². The van der Waals surface area contributed by atoms with Crippen molar-refractivity contribution in [2.75, 3.05) is 18.1 Å². The van der Waals surface area contributed by atoms with Crippen LogP contribution in [0.3, 0.4) is 0 Å². The minimum absolute atomic E-state index is 0.0554. The molecule has 1 N–H and O–H groups in total. The smallest absolute Gasteiger partial charge is 0.338 e. The quantitative estimate of drug-likeness (QED) is 0.362. The monoisotopic (exact) mass is 565 g/mol. The number of aromatic nitrogens is 1. The van der Waals surface area contributed by atoms with Gasteiger partial charge in [0.05, 0.1) is 22.5 Å². The molecule has 39 heavy (non-hydrogen) atoms. The molecular formula is C28H27N3O6S2. The van der Waals surface area contributed by atoms with Gasteiger partial charge in [-0.3, -0.25) is 19.0 Å². The summed E-state index contributed by atoms with van der Waals surface area (Å²) in [5.74, 6) is -1.56. The van der Waals surface area contributed by atoms with E-state index in [-0.39, 0.29) is 18.1 Å². The molecule has 0 saturated carbocycles. The zero-order valence-electron chi connectivity index (χ0n) is 21.7. The largest absolute Gasteiger partial charge is 0.481 e. The van der Waals surface area contributed by atoms with Crippen molar-refractivity contribution in [1.29, 1.82) is 0 Å². The summed E-state index contributed by atoms with van der Waals surface area (Å²) in [4.78, 5) is 57.1. The number of amides is 1. The highest BCUT2D eigenvalue weighted by Gasteiger charge is 2.37. The number of anilines is 1. The van der Waals surface area contributed by atoms with Crippen LogP contribution >= 0.6 is 22.7 Å². The molecule has 0 radical (unpaired) electrons. The molecule has 4 heterocycles. The maximum Gasteiger partial charge on any atom is 0.338 e. The molecular weight excluding hydrogens is 538 g/mol. The summed E-state index contributed by atoms with van der Waals surface area (Å²) >= 11 is 2.63. The van der Waals surface area contributed by atoms with E-state index in [2.05, 4.69) is 11.6 Å². The lowest BCUT2D eigenvalue weighted by Crippen LogP contribution is -2.40. The molecule has 0 fully saturated rings. The van der Waals surface area contributed by atoms with E-state index >= 15 is 0 Å². The van der Waals surface area contributed by atoms with Crippen LogP contribution in [0.15, 0.2) is 75.5 Å². The number of ether oxygens (including phenoxy) is 1. The number of carbonyl (C=O) groups excluding carboxylic acids is 2. The summed E-state index contributed by atoms with van der Waals surface area (Å²) in [6.45, 7) is 9.06. The van der Waals surface area contributed by atoms with Gasteiger partial charge >= 0.3 is 5.97 Å². The summed E-state index contributed by atoms with van der Waals surface area (Å²) in [7, 11) is 0. The fourth-order valence-corrected chi connectivity index (χ4v) is 6.47. The molecule has 1 unspecified atom stereocenters. The highest BCUT2D eigenvalue weighted by Crippen LogP contribution is 2.36. The van der Waals surface area contributed by atoms with Crippen LogP contribution in [-0.4, -0.2) is 40.7 Å². The van der Waals surface area contributed by atoms with Crippen molar-refractivity contribution in [3.05, 3.63) is 95.8 Å². The summed E-state index contributed by atoms with van der Waals surface area (Å²) < 4.78 is 7.20. The van der Waals surface area contributed by atoms with Gasteiger partial charge in [-0.15, -0.1) is 11.3 Å². The van der Waals surface area contributed by atoms with E-state index in [0.717, 1.165) is 29.5 Å². The number of fused-ring (bicyclic) bond motifs is 2. The van der Waals surface area contributed by atoms with Crippen molar-refractivity contribution < 1.29 is 24.2 Å². The van der Waals surface area contributed by atoms with Crippen molar-refractivity contribution in [2.45, 2.75) is 33.2 Å². The highest BCUT2D eigenvalue weighted by atomic mass is 32.1. The van der Waals surface area contributed by atoms with Gasteiger partial charge in [-0.05, 0) is 30.9 Å². The van der Waals surface area contributed by atoms with E-state index < -0.39 is 18.0 Å². The van der Waals surface area contributed by atoms with Crippen LogP contribution in [0.25, 0.3) is 5.57 Å². The third-order valence-electron chi connectivity index (χ3n) is 5.96. The van der Waals surface area contributed by atoms with Gasteiger partial charge in [0.1, 0.15) is 17.2 Å². The highest BCUT2D eigenvalue weighted by molar-refractivity contribution is 7.10. The van der Waals surface area contributed by atoms with Crippen LogP contribution in [-0.2, 0) is 19.1 Å². The lowest BCUT2D eigenvalue weighted by atomic mass is 10.0. The van der Waals surface area contributed by atoms with E-state index in [1.165, 1.54) is 33.3 Å². The fraction of sp³-hybridized carbons (Fsp3) is 0.250. The van der Waals surface area contributed by atoms with Crippen LogP contribution in [0.5, 0.6) is 0 Å². The number of carboxylic acids is 1. The van der Waals surface area contributed by atoms with Gasteiger partial charge in [-0.1, -0.05) is 55.2 Å². The first-order valence-electron chi connectivity index (χ1n) is 12.2. The van der Waals surface area contributed by atoms with Crippen LogP contribution in [0.4, 0.5) is 5.69 Å². The summed E-state index contributed by atoms with van der Waals surface area (Å²) in [5, 5.41) is 9.31. The number of carboxylic acid groups (broad SMARTS) is 1. The number of thiazole rings is 1. The Balaban J connectivity index is 0.000000826. The number of nitrogens with zero attached hydrogens (tertiary/aromatic N) is 3. The van der Waals surface area contributed by atoms with Gasteiger partial charge in [-0.2, -0.15) is 0 Å². The first-order valence-corrected chi connectivity index (χ1v) is 13.9. The van der Waals surface area contributed by atoms with E-state index in [1.807, 2.05) is 48.7 Å². The van der Waals surface area contributed by atoms with Gasteiger partial charge < -0.3 is 14.7 Å². The number of allylic oxidation sites excluding steroid dienone is 1. The van der Waals surface area contributed by atoms with Crippen molar-refractivity contribution in [3.8, 4) is 0 Å². The predicted octanol–water partition coefficient (Wildman–Crippen LogP) is 3.24. The molecule has 2 aliphatic rings. The Kier molecular flexibility index (Phi) is 8.41. The Morgan fingerprint density at radius 3 is 2.56 bits per heavy atom. The standard InChI is InChI=1S/C26H23N3O4S2.C2H4O2/c1-4-12-28-17-10-7-6-9-16(17)20(23(28)30)22-24(31)29-21(18-11-8-14-34-18)19(25(32)33-13-5-2)15(3)27-26(29)35-22;1-2(3)4/h5-11,14,21H,2,4,12-13H2,1,3H3;1H3,(H,3,4)/b22-20-;. The van der Waals surface area contributed by atoms with E-state index in [0.29, 0.717) is 32.7 Å². The minimum Gasteiger partial charge on any atom is -0.481 e. The first-order chi connectivity index (χ1) is 18.7. The second-order valence-corrected chi connectivity index (χ2v) is 10.6. The lowest BCUT2D eigenvalue weighted by molar-refractivity contribution is -0.138. The average molecular weight is 566 g/mol. The Morgan fingerprint density at radius 1 is 1.21 bits per heavy atom. The summed E-state index contributed by atoms with van der Waals surface area (Å²) in [6.07, 6.45) is 2.29. The fourth-order valence-electron chi connectivity index (χ4n) is 4.51. The Hall–Kier alpha value is -4.09.